The molecule has 0 aliphatic carbocycles. The molecule has 0 unspecified atom stereocenters. The predicted molar refractivity (Wildman–Crippen MR) is 61.9 cm³/mol. The van der Waals surface area contributed by atoms with Gasteiger partial charge in [0.15, 0.2) is 0 Å². The molecule has 0 aliphatic heterocycles. The SMILES string of the molecule is NCCC=Cc1ccc(Cl)c(Br)c1. The molecular weight excluding hydrogens is 249 g/mol. The van der Waals surface area contributed by atoms with Crippen LogP contribution in [-0.2, 0) is 0 Å². The highest BCUT2D eigenvalue weighted by Gasteiger charge is 1.95. The van der Waals surface area contributed by atoms with Gasteiger partial charge in [-0.2, -0.15) is 0 Å². The van der Waals surface area contributed by atoms with Gasteiger partial charge in [-0.25, -0.2) is 0 Å². The zero-order valence-electron chi connectivity index (χ0n) is 7.13. The minimum atomic E-state index is 0.686. The van der Waals surface area contributed by atoms with Gasteiger partial charge in [0, 0.05) is 4.47 Å². The van der Waals surface area contributed by atoms with E-state index in [4.69, 9.17) is 17.3 Å². The predicted octanol–water partition coefficient (Wildman–Crippen LogP) is 3.46. The summed E-state index contributed by atoms with van der Waals surface area (Å²) in [6.07, 6.45) is 4.99. The molecule has 0 atom stereocenters. The van der Waals surface area contributed by atoms with Crippen molar-refractivity contribution in [2.75, 3.05) is 6.54 Å². The number of rotatable bonds is 3. The Kier molecular flexibility index (Phi) is 4.50. The molecule has 0 radical (unpaired) electrons. The second kappa shape index (κ2) is 5.43. The van der Waals surface area contributed by atoms with Crippen LogP contribution in [0.2, 0.25) is 5.02 Å². The molecule has 1 nitrogen and oxygen atoms in total. The lowest BCUT2D eigenvalue weighted by atomic mass is 10.2. The molecule has 0 amide bonds. The second-order valence-electron chi connectivity index (χ2n) is 2.65. The number of halogens is 2. The molecule has 0 spiro atoms. The van der Waals surface area contributed by atoms with Crippen LogP contribution in [0.1, 0.15) is 12.0 Å². The zero-order chi connectivity index (χ0) is 9.68. The zero-order valence-corrected chi connectivity index (χ0v) is 9.48. The Labute approximate surface area is 91.7 Å². The van der Waals surface area contributed by atoms with Gasteiger partial charge in [0.1, 0.15) is 0 Å². The number of hydrogen-bond acceptors (Lipinski definition) is 1. The third-order valence-electron chi connectivity index (χ3n) is 1.59. The average molecular weight is 261 g/mol. The molecule has 1 rings (SSSR count). The van der Waals surface area contributed by atoms with Crippen molar-refractivity contribution < 1.29 is 0 Å². The van der Waals surface area contributed by atoms with Crippen LogP contribution in [-0.4, -0.2) is 6.54 Å². The third kappa shape index (κ3) is 3.51. The molecule has 0 bridgehead atoms. The molecule has 3 heteroatoms. The summed E-state index contributed by atoms with van der Waals surface area (Å²) in [7, 11) is 0. The molecule has 70 valence electrons. The summed E-state index contributed by atoms with van der Waals surface area (Å²) in [6.45, 7) is 0.686. The molecule has 0 fully saturated rings. The fourth-order valence-electron chi connectivity index (χ4n) is 0.932. The minimum absolute atomic E-state index is 0.686. The van der Waals surface area contributed by atoms with Crippen LogP contribution < -0.4 is 5.73 Å². The Bertz CT molecular complexity index is 310. The molecule has 1 aromatic rings. The molecule has 0 saturated carbocycles. The first kappa shape index (κ1) is 10.8. The van der Waals surface area contributed by atoms with Gasteiger partial charge < -0.3 is 5.73 Å². The largest absolute Gasteiger partial charge is 0.330 e. The van der Waals surface area contributed by atoms with Crippen LogP contribution in [0.5, 0.6) is 0 Å². The van der Waals surface area contributed by atoms with E-state index in [0.29, 0.717) is 6.54 Å². The molecule has 0 saturated heterocycles. The lowest BCUT2D eigenvalue weighted by molar-refractivity contribution is 1.01. The van der Waals surface area contributed by atoms with Crippen molar-refractivity contribution in [1.82, 2.24) is 0 Å². The van der Waals surface area contributed by atoms with E-state index >= 15 is 0 Å². The monoisotopic (exact) mass is 259 g/mol. The summed E-state index contributed by atoms with van der Waals surface area (Å²) in [4.78, 5) is 0. The molecule has 1 aromatic carbocycles. The number of nitrogens with two attached hydrogens (primary N) is 1. The fraction of sp³-hybridized carbons (Fsp3) is 0.200. The van der Waals surface area contributed by atoms with Gasteiger partial charge in [-0.15, -0.1) is 0 Å². The van der Waals surface area contributed by atoms with E-state index in [1.165, 1.54) is 0 Å². The van der Waals surface area contributed by atoms with Gasteiger partial charge in [0.05, 0.1) is 5.02 Å². The molecular formula is C10H11BrClN. The van der Waals surface area contributed by atoms with Crippen molar-refractivity contribution in [1.29, 1.82) is 0 Å². The highest BCUT2D eigenvalue weighted by atomic mass is 79.9. The average Bonchev–Trinajstić information content (AvgIpc) is 2.12. The van der Waals surface area contributed by atoms with E-state index in [2.05, 4.69) is 22.0 Å². The van der Waals surface area contributed by atoms with Crippen molar-refractivity contribution in [3.05, 3.63) is 39.3 Å². The van der Waals surface area contributed by atoms with Gasteiger partial charge >= 0.3 is 0 Å². The lowest BCUT2D eigenvalue weighted by Gasteiger charge is -1.97. The fourth-order valence-corrected chi connectivity index (χ4v) is 1.45. The Morgan fingerprint density at radius 2 is 2.23 bits per heavy atom. The topological polar surface area (TPSA) is 26.0 Å². The standard InChI is InChI=1S/C10H11BrClN/c11-9-7-8(3-1-2-6-13)4-5-10(9)12/h1,3-5,7H,2,6,13H2. The van der Waals surface area contributed by atoms with Crippen LogP contribution in [0.25, 0.3) is 6.08 Å². The van der Waals surface area contributed by atoms with Crippen molar-refractivity contribution in [2.24, 2.45) is 5.73 Å². The van der Waals surface area contributed by atoms with Crippen LogP contribution >= 0.6 is 27.5 Å². The van der Waals surface area contributed by atoms with Gasteiger partial charge in [0.25, 0.3) is 0 Å². The minimum Gasteiger partial charge on any atom is -0.330 e. The Balaban J connectivity index is 2.73. The van der Waals surface area contributed by atoms with E-state index in [0.717, 1.165) is 21.5 Å². The molecule has 13 heavy (non-hydrogen) atoms. The van der Waals surface area contributed by atoms with Gasteiger partial charge in [-0.3, -0.25) is 0 Å². The van der Waals surface area contributed by atoms with Crippen molar-refractivity contribution in [2.45, 2.75) is 6.42 Å². The van der Waals surface area contributed by atoms with Gasteiger partial charge in [0.2, 0.25) is 0 Å². The van der Waals surface area contributed by atoms with Crippen molar-refractivity contribution >= 4 is 33.6 Å². The Hall–Kier alpha value is -0.310. The van der Waals surface area contributed by atoms with Crippen LogP contribution in [0, 0.1) is 0 Å². The van der Waals surface area contributed by atoms with Gasteiger partial charge in [-0.05, 0) is 46.6 Å². The molecule has 0 aromatic heterocycles. The number of hydrogen-bond donors (Lipinski definition) is 1. The normalized spacial score (nSPS) is 11.0. The summed E-state index contributed by atoms with van der Waals surface area (Å²) in [5, 5.41) is 0.732. The summed E-state index contributed by atoms with van der Waals surface area (Å²) in [5.41, 5.74) is 6.49. The van der Waals surface area contributed by atoms with E-state index in [-0.39, 0.29) is 0 Å². The van der Waals surface area contributed by atoms with Crippen LogP contribution in [0.15, 0.2) is 28.7 Å². The highest BCUT2D eigenvalue weighted by Crippen LogP contribution is 2.23. The lowest BCUT2D eigenvalue weighted by Crippen LogP contribution is -1.94. The van der Waals surface area contributed by atoms with Crippen molar-refractivity contribution in [3.8, 4) is 0 Å². The van der Waals surface area contributed by atoms with Crippen LogP contribution in [0.4, 0.5) is 0 Å². The maximum Gasteiger partial charge on any atom is 0.0548 e. The maximum atomic E-state index is 5.85. The first-order valence-corrected chi connectivity index (χ1v) is 5.23. The van der Waals surface area contributed by atoms with Crippen LogP contribution in [0.3, 0.4) is 0 Å². The number of benzene rings is 1. The van der Waals surface area contributed by atoms with E-state index in [1.807, 2.05) is 24.3 Å². The molecule has 0 aliphatic rings. The molecule has 2 N–H and O–H groups in total. The Morgan fingerprint density at radius 1 is 1.46 bits per heavy atom. The van der Waals surface area contributed by atoms with Gasteiger partial charge in [-0.1, -0.05) is 29.8 Å². The third-order valence-corrected chi connectivity index (χ3v) is 2.80. The summed E-state index contributed by atoms with van der Waals surface area (Å²) in [5.74, 6) is 0. The summed E-state index contributed by atoms with van der Waals surface area (Å²) >= 11 is 9.22. The van der Waals surface area contributed by atoms with Crippen molar-refractivity contribution in [3.63, 3.8) is 0 Å². The first-order valence-electron chi connectivity index (χ1n) is 4.05. The Morgan fingerprint density at radius 3 is 2.85 bits per heavy atom. The first-order chi connectivity index (χ1) is 6.24. The summed E-state index contributed by atoms with van der Waals surface area (Å²) < 4.78 is 0.920. The van der Waals surface area contributed by atoms with E-state index in [1.54, 1.807) is 0 Å². The second-order valence-corrected chi connectivity index (χ2v) is 3.91. The smallest absolute Gasteiger partial charge is 0.0548 e. The summed E-state index contributed by atoms with van der Waals surface area (Å²) in [6, 6.07) is 5.82. The molecule has 0 heterocycles. The maximum absolute atomic E-state index is 5.85. The van der Waals surface area contributed by atoms with E-state index in [9.17, 15) is 0 Å². The highest BCUT2D eigenvalue weighted by molar-refractivity contribution is 9.10. The quantitative estimate of drug-likeness (QED) is 0.885. The van der Waals surface area contributed by atoms with E-state index < -0.39 is 0 Å².